The van der Waals surface area contributed by atoms with Gasteiger partial charge in [0.2, 0.25) is 0 Å². The van der Waals surface area contributed by atoms with Crippen molar-refractivity contribution in [3.8, 4) is 22.6 Å². The fourth-order valence-corrected chi connectivity index (χ4v) is 4.52. The van der Waals surface area contributed by atoms with Crippen LogP contribution in [0.5, 0.6) is 0 Å². The Morgan fingerprint density at radius 1 is 1.21 bits per heavy atom. The summed E-state index contributed by atoms with van der Waals surface area (Å²) in [6.45, 7) is 9.84. The summed E-state index contributed by atoms with van der Waals surface area (Å²) in [5.41, 5.74) is 1.98. The minimum atomic E-state index is -1.08. The van der Waals surface area contributed by atoms with Crippen LogP contribution in [0.15, 0.2) is 53.7 Å². The van der Waals surface area contributed by atoms with Crippen molar-refractivity contribution >= 4 is 11.7 Å². The Bertz CT molecular complexity index is 1580. The highest BCUT2D eigenvalue weighted by Gasteiger charge is 2.26. The maximum absolute atomic E-state index is 13.5. The first kappa shape index (κ1) is 26.4. The first-order valence-electron chi connectivity index (χ1n) is 13.1. The maximum atomic E-state index is 13.5. The number of amides is 1. The molecule has 0 radical (unpaired) electrons. The second kappa shape index (κ2) is 10.2. The van der Waals surface area contributed by atoms with Crippen LogP contribution < -0.4 is 10.9 Å². The third-order valence-corrected chi connectivity index (χ3v) is 6.99. The number of nitrogens with zero attached hydrogens (tertiary/aromatic N) is 6. The highest BCUT2D eigenvalue weighted by molar-refractivity contribution is 6.04. The van der Waals surface area contributed by atoms with E-state index in [0.29, 0.717) is 35.5 Å². The molecule has 4 aromatic rings. The second-order valence-electron chi connectivity index (χ2n) is 10.9. The van der Waals surface area contributed by atoms with E-state index < -0.39 is 11.5 Å². The van der Waals surface area contributed by atoms with Gasteiger partial charge in [-0.1, -0.05) is 12.1 Å². The predicted octanol–water partition coefficient (Wildman–Crippen LogP) is 4.34. The van der Waals surface area contributed by atoms with Crippen LogP contribution in [0.3, 0.4) is 0 Å². The van der Waals surface area contributed by atoms with Crippen LogP contribution in [0, 0.1) is 12.8 Å². The average Bonchev–Trinajstić information content (AvgIpc) is 3.57. The number of aliphatic hydroxyl groups is 1. The normalized spacial score (nSPS) is 13.6. The van der Waals surface area contributed by atoms with Gasteiger partial charge >= 0.3 is 0 Å². The molecule has 5 rings (SSSR count). The van der Waals surface area contributed by atoms with Crippen LogP contribution in [-0.2, 0) is 12.1 Å². The topological polar surface area (TPSA) is 128 Å². The van der Waals surface area contributed by atoms with Gasteiger partial charge in [0.05, 0.1) is 5.69 Å². The molecule has 2 N–H and O–H groups in total. The zero-order valence-electron chi connectivity index (χ0n) is 22.8. The number of carbonyl (C=O) groups excluding carboxylic acids is 1. The summed E-state index contributed by atoms with van der Waals surface area (Å²) in [4.78, 5) is 36.0. The Hall–Kier alpha value is -4.18. The number of nitrogens with one attached hydrogen (secondary N) is 1. The molecule has 202 valence electrons. The van der Waals surface area contributed by atoms with Crippen LogP contribution in [0.25, 0.3) is 22.6 Å². The number of rotatable bonds is 8. The van der Waals surface area contributed by atoms with Gasteiger partial charge in [-0.05, 0) is 77.6 Å². The first-order valence-corrected chi connectivity index (χ1v) is 13.1. The summed E-state index contributed by atoms with van der Waals surface area (Å²) in [6, 6.07) is 10.6. The Morgan fingerprint density at radius 3 is 2.62 bits per heavy atom. The van der Waals surface area contributed by atoms with Crippen molar-refractivity contribution in [2.75, 3.05) is 5.32 Å². The third-order valence-electron chi connectivity index (χ3n) is 6.99. The minimum Gasteiger partial charge on any atom is -0.384 e. The van der Waals surface area contributed by atoms with Crippen molar-refractivity contribution in [2.45, 2.75) is 65.6 Å². The molecule has 10 nitrogen and oxygen atoms in total. The maximum Gasteiger partial charge on any atom is 0.263 e. The molecule has 4 heterocycles. The van der Waals surface area contributed by atoms with Crippen LogP contribution >= 0.6 is 0 Å². The lowest BCUT2D eigenvalue weighted by atomic mass is 10.00. The molecule has 1 fully saturated rings. The smallest absolute Gasteiger partial charge is 0.263 e. The zero-order chi connectivity index (χ0) is 27.9. The monoisotopic (exact) mass is 527 g/mol. The standard InChI is InChI=1S/C29H33N7O3/c1-17(2)36-16-31-34-26(36)23-7-6-8-25(32-23)33-27(37)22-13-21(18(3)35(28(22)38)15-19-9-10-19)20-11-12-24(30-14-20)29(4,5)39/h6-8,11-14,16-17,19,39H,9-10,15H2,1-5H3,(H,32,33,37). The van der Waals surface area contributed by atoms with Crippen molar-refractivity contribution in [1.29, 1.82) is 0 Å². The molecule has 1 amide bonds. The van der Waals surface area contributed by atoms with E-state index in [9.17, 15) is 14.7 Å². The quantitative estimate of drug-likeness (QED) is 0.349. The predicted molar refractivity (Wildman–Crippen MR) is 148 cm³/mol. The van der Waals surface area contributed by atoms with Gasteiger partial charge < -0.3 is 19.6 Å². The summed E-state index contributed by atoms with van der Waals surface area (Å²) >= 11 is 0. The summed E-state index contributed by atoms with van der Waals surface area (Å²) in [6.07, 6.45) is 5.44. The SMILES string of the molecule is Cc1c(-c2ccc(C(C)(C)O)nc2)cc(C(=O)Nc2cccc(-c3nncn3C(C)C)n2)c(=O)n1CC1CC1. The second-order valence-corrected chi connectivity index (χ2v) is 10.9. The van der Waals surface area contributed by atoms with E-state index >= 15 is 0 Å². The molecule has 1 saturated carbocycles. The molecule has 0 unspecified atom stereocenters. The fourth-order valence-electron chi connectivity index (χ4n) is 4.52. The molecule has 1 aliphatic carbocycles. The lowest BCUT2D eigenvalue weighted by Crippen LogP contribution is -2.31. The van der Waals surface area contributed by atoms with Crippen molar-refractivity contribution in [2.24, 2.45) is 5.92 Å². The van der Waals surface area contributed by atoms with Crippen molar-refractivity contribution < 1.29 is 9.90 Å². The lowest BCUT2D eigenvalue weighted by molar-refractivity contribution is 0.0739. The lowest BCUT2D eigenvalue weighted by Gasteiger charge is -2.19. The molecule has 0 bridgehead atoms. The van der Waals surface area contributed by atoms with Crippen LogP contribution in [-0.4, -0.2) is 40.3 Å². The van der Waals surface area contributed by atoms with Crippen LogP contribution in [0.1, 0.15) is 68.3 Å². The molecule has 0 saturated heterocycles. The first-order chi connectivity index (χ1) is 18.5. The molecular formula is C29H33N7O3. The van der Waals surface area contributed by atoms with E-state index in [4.69, 9.17) is 0 Å². The number of hydrogen-bond donors (Lipinski definition) is 2. The van der Waals surface area contributed by atoms with Gasteiger partial charge in [-0.25, -0.2) is 4.98 Å². The molecule has 0 aliphatic heterocycles. The highest BCUT2D eigenvalue weighted by Crippen LogP contribution is 2.32. The average molecular weight is 528 g/mol. The van der Waals surface area contributed by atoms with Gasteiger partial charge in [-0.3, -0.25) is 14.6 Å². The van der Waals surface area contributed by atoms with Gasteiger partial charge in [0, 0.05) is 35.6 Å². The third kappa shape index (κ3) is 5.51. The number of anilines is 1. The Kier molecular flexibility index (Phi) is 6.90. The van der Waals surface area contributed by atoms with Crippen molar-refractivity contribution in [3.63, 3.8) is 0 Å². The van der Waals surface area contributed by atoms with Gasteiger partial charge in [-0.2, -0.15) is 0 Å². The molecular weight excluding hydrogens is 494 g/mol. The Balaban J connectivity index is 1.51. The van der Waals surface area contributed by atoms with Gasteiger partial charge in [0.1, 0.15) is 29.0 Å². The molecule has 1 aliphatic rings. The van der Waals surface area contributed by atoms with E-state index in [-0.39, 0.29) is 17.2 Å². The summed E-state index contributed by atoms with van der Waals surface area (Å²) < 4.78 is 3.59. The summed E-state index contributed by atoms with van der Waals surface area (Å²) in [5.74, 6) is 0.788. The number of carbonyl (C=O) groups is 1. The van der Waals surface area contributed by atoms with Crippen molar-refractivity contribution in [1.82, 2.24) is 29.3 Å². The Labute approximate surface area is 226 Å². The summed E-state index contributed by atoms with van der Waals surface area (Å²) in [7, 11) is 0. The minimum absolute atomic E-state index is 0.0281. The van der Waals surface area contributed by atoms with E-state index in [0.717, 1.165) is 29.7 Å². The van der Waals surface area contributed by atoms with Gasteiger partial charge in [0.15, 0.2) is 5.82 Å². The van der Waals surface area contributed by atoms with E-state index in [2.05, 4.69) is 25.5 Å². The fraction of sp³-hybridized carbons (Fsp3) is 0.379. The molecule has 39 heavy (non-hydrogen) atoms. The molecule has 10 heteroatoms. The largest absolute Gasteiger partial charge is 0.384 e. The highest BCUT2D eigenvalue weighted by atomic mass is 16.3. The molecule has 4 aromatic heterocycles. The summed E-state index contributed by atoms with van der Waals surface area (Å²) in [5, 5.41) is 21.3. The number of aromatic nitrogens is 6. The van der Waals surface area contributed by atoms with Crippen LogP contribution in [0.4, 0.5) is 5.82 Å². The van der Waals surface area contributed by atoms with Crippen LogP contribution in [0.2, 0.25) is 0 Å². The van der Waals surface area contributed by atoms with Gasteiger partial charge in [0.25, 0.3) is 11.5 Å². The molecule has 0 atom stereocenters. The van der Waals surface area contributed by atoms with E-state index in [1.807, 2.05) is 31.4 Å². The van der Waals surface area contributed by atoms with Gasteiger partial charge in [-0.15, -0.1) is 10.2 Å². The number of pyridine rings is 3. The zero-order valence-corrected chi connectivity index (χ0v) is 22.8. The molecule has 0 spiro atoms. The van der Waals surface area contributed by atoms with Crippen molar-refractivity contribution in [3.05, 3.63) is 76.2 Å². The Morgan fingerprint density at radius 2 is 1.97 bits per heavy atom. The number of hydrogen-bond acceptors (Lipinski definition) is 7. The van der Waals surface area contributed by atoms with E-state index in [1.54, 1.807) is 61.3 Å². The van der Waals surface area contributed by atoms with E-state index in [1.165, 1.54) is 0 Å². The molecule has 0 aromatic carbocycles.